The predicted octanol–water partition coefficient (Wildman–Crippen LogP) is 4.71. The zero-order valence-corrected chi connectivity index (χ0v) is 24.6. The van der Waals surface area contributed by atoms with E-state index in [1.54, 1.807) is 37.6 Å². The van der Waals surface area contributed by atoms with E-state index in [0.29, 0.717) is 27.7 Å². The number of hydrogen-bond acceptors (Lipinski definition) is 7. The molecule has 1 aliphatic heterocycles. The fraction of sp³-hybridized carbons (Fsp3) is 0.300. The largest absolute Gasteiger partial charge is 0.466 e. The molecule has 1 unspecified atom stereocenters. The van der Waals surface area contributed by atoms with Gasteiger partial charge in [-0.15, -0.1) is 5.10 Å². The Morgan fingerprint density at radius 2 is 1.98 bits per heavy atom. The third-order valence-electron chi connectivity index (χ3n) is 8.12. The average molecular weight is 608 g/mol. The lowest BCUT2D eigenvalue weighted by Gasteiger charge is -2.38. The molecule has 11 nitrogen and oxygen atoms in total. The van der Waals surface area contributed by atoms with Gasteiger partial charge in [0.1, 0.15) is 24.3 Å². The van der Waals surface area contributed by atoms with Crippen LogP contribution in [-0.2, 0) is 22.3 Å². The molecule has 2 aromatic carbocycles. The topological polar surface area (TPSA) is 133 Å². The zero-order valence-electron chi connectivity index (χ0n) is 24.6. The van der Waals surface area contributed by atoms with Gasteiger partial charge in [0.25, 0.3) is 0 Å². The van der Waals surface area contributed by atoms with E-state index in [2.05, 4.69) is 26.2 Å². The number of nitrogens with zero attached hydrogens (tertiary/aromatic N) is 6. The Morgan fingerprint density at radius 3 is 2.61 bits per heavy atom. The first kappa shape index (κ1) is 30.3. The maximum Gasteiger partial charge on any atom is 0.416 e. The molecule has 0 saturated heterocycles. The van der Waals surface area contributed by atoms with Crippen LogP contribution in [0.1, 0.15) is 53.9 Å². The molecule has 5 rings (SSSR count). The molecule has 2 atom stereocenters. The number of anilines is 2. The van der Waals surface area contributed by atoms with E-state index < -0.39 is 29.4 Å². The van der Waals surface area contributed by atoms with Gasteiger partial charge in [-0.1, -0.05) is 12.1 Å². The summed E-state index contributed by atoms with van der Waals surface area (Å²) in [6.45, 7) is 3.94. The van der Waals surface area contributed by atoms with Gasteiger partial charge in [-0.3, -0.25) is 4.90 Å². The number of carbonyl (C=O) groups excluding carboxylic acids is 1. The molecule has 3 heterocycles. The molecular weight excluding hydrogens is 577 g/mol. The van der Waals surface area contributed by atoms with Crippen molar-refractivity contribution in [3.8, 4) is 6.07 Å². The number of ether oxygens (including phenoxy) is 1. The fourth-order valence-corrected chi connectivity index (χ4v) is 5.59. The van der Waals surface area contributed by atoms with Gasteiger partial charge in [0, 0.05) is 23.1 Å². The highest BCUT2D eigenvalue weighted by molar-refractivity contribution is 5.93. The molecule has 0 saturated carbocycles. The molecule has 2 N–H and O–H groups in total. The van der Waals surface area contributed by atoms with Crippen molar-refractivity contribution in [1.82, 2.24) is 24.7 Å². The number of methoxy groups -OCH3 is 1. The Labute approximate surface area is 250 Å². The van der Waals surface area contributed by atoms with Crippen LogP contribution in [0, 0.1) is 11.3 Å². The van der Waals surface area contributed by atoms with E-state index in [0.717, 1.165) is 17.8 Å². The van der Waals surface area contributed by atoms with Gasteiger partial charge < -0.3 is 14.2 Å². The van der Waals surface area contributed by atoms with Crippen molar-refractivity contribution in [3.05, 3.63) is 105 Å². The summed E-state index contributed by atoms with van der Waals surface area (Å²) in [6, 6.07) is 10.5. The van der Waals surface area contributed by atoms with E-state index in [-0.39, 0.29) is 28.9 Å². The number of allylic oxidation sites excluding steroid dienone is 1. The van der Waals surface area contributed by atoms with Crippen molar-refractivity contribution in [1.29, 1.82) is 5.26 Å². The summed E-state index contributed by atoms with van der Waals surface area (Å²) in [6.07, 6.45) is -1.23. The molecule has 228 valence electrons. The van der Waals surface area contributed by atoms with Gasteiger partial charge in [0.2, 0.25) is 5.95 Å². The van der Waals surface area contributed by atoms with Crippen LogP contribution in [-0.4, -0.2) is 56.4 Å². The summed E-state index contributed by atoms with van der Waals surface area (Å²) in [7, 11) is 5.18. The minimum Gasteiger partial charge on any atom is -0.466 e. The highest BCUT2D eigenvalue weighted by Gasteiger charge is 2.42. The Morgan fingerprint density at radius 1 is 1.23 bits per heavy atom. The number of carbonyl (C=O) groups is 1. The number of imidazole rings is 1. The molecule has 0 spiro atoms. The number of nitriles is 1. The van der Waals surface area contributed by atoms with E-state index >= 15 is 0 Å². The number of nitrogens with one attached hydrogen (secondary N) is 2. The number of alkyl halides is 3. The molecule has 2 aromatic heterocycles. The van der Waals surface area contributed by atoms with Crippen molar-refractivity contribution in [2.45, 2.75) is 38.7 Å². The van der Waals surface area contributed by atoms with Crippen LogP contribution in [0.2, 0.25) is 0 Å². The summed E-state index contributed by atoms with van der Waals surface area (Å²) >= 11 is 0. The van der Waals surface area contributed by atoms with Crippen LogP contribution in [0.25, 0.3) is 0 Å². The summed E-state index contributed by atoms with van der Waals surface area (Å²) in [5, 5.41) is 16.3. The quantitative estimate of drug-likeness (QED) is 0.230. The normalized spacial score (nSPS) is 16.0. The highest BCUT2D eigenvalue weighted by atomic mass is 19.4. The van der Waals surface area contributed by atoms with Crippen molar-refractivity contribution in [3.63, 3.8) is 0 Å². The maximum absolute atomic E-state index is 13.7. The van der Waals surface area contributed by atoms with Gasteiger partial charge in [-0.2, -0.15) is 18.4 Å². The van der Waals surface area contributed by atoms with Crippen molar-refractivity contribution < 1.29 is 27.2 Å². The lowest BCUT2D eigenvalue weighted by Crippen LogP contribution is -2.42. The van der Waals surface area contributed by atoms with E-state index in [1.807, 2.05) is 21.0 Å². The second-order valence-electron chi connectivity index (χ2n) is 11.1. The number of rotatable bonds is 7. The van der Waals surface area contributed by atoms with Gasteiger partial charge in [0.05, 0.1) is 50.3 Å². The summed E-state index contributed by atoms with van der Waals surface area (Å²) in [5.74, 6) is -0.796. The Balaban J connectivity index is 1.73. The Bertz CT molecular complexity index is 1850. The van der Waals surface area contributed by atoms with Crippen molar-refractivity contribution in [2.24, 2.45) is 0 Å². The summed E-state index contributed by atoms with van der Waals surface area (Å²) < 4.78 is 47.7. The Kier molecular flexibility index (Phi) is 7.69. The van der Waals surface area contributed by atoms with Gasteiger partial charge in [-0.05, 0) is 49.7 Å². The highest BCUT2D eigenvalue weighted by Crippen LogP contribution is 2.44. The number of quaternary nitrogens is 1. The van der Waals surface area contributed by atoms with Crippen LogP contribution in [0.4, 0.5) is 24.8 Å². The van der Waals surface area contributed by atoms with Crippen LogP contribution in [0.15, 0.2) is 71.1 Å². The van der Waals surface area contributed by atoms with Gasteiger partial charge >= 0.3 is 17.8 Å². The first-order valence-corrected chi connectivity index (χ1v) is 13.6. The number of benzene rings is 2. The molecular formula is C30H30F3N8O3+. The van der Waals surface area contributed by atoms with Gasteiger partial charge in [0.15, 0.2) is 0 Å². The fourth-order valence-electron chi connectivity index (χ4n) is 5.59. The molecule has 0 amide bonds. The van der Waals surface area contributed by atoms with E-state index in [4.69, 9.17) is 4.74 Å². The number of aromatic amines is 2. The number of esters is 1. The number of fused-ring (bicyclic) bond motifs is 1. The van der Waals surface area contributed by atoms with Gasteiger partial charge in [-0.25, -0.2) is 24.2 Å². The summed E-state index contributed by atoms with van der Waals surface area (Å²) in [5.41, 5.74) is 1.08. The lowest BCUT2D eigenvalue weighted by molar-refractivity contribution is -0.932. The molecule has 0 bridgehead atoms. The van der Waals surface area contributed by atoms with Crippen LogP contribution >= 0.6 is 0 Å². The standard InChI is InChI=1S/C30H29F3N8O3/c1-17-25(27(42)44-5)26(40-28(37-38-29(40)43)39(17)22-8-6-7-21(12-22)30(31,32)33)23-10-9-19(13-34)11-20(23)15-41(3,4)18(2)24-14-35-16-36-24/h6-12,14,16,18,26H,15H2,1-5H3,(H-,35,36,38,43)/p+1/t18?,26-/m1/s1. The zero-order chi connectivity index (χ0) is 32.0. The molecule has 4 aromatic rings. The van der Waals surface area contributed by atoms with Crippen molar-refractivity contribution >= 4 is 17.6 Å². The number of aromatic nitrogens is 5. The van der Waals surface area contributed by atoms with Crippen LogP contribution in [0.3, 0.4) is 0 Å². The maximum atomic E-state index is 13.7. The smallest absolute Gasteiger partial charge is 0.416 e. The minimum atomic E-state index is -4.63. The number of H-pyrrole nitrogens is 2. The molecule has 44 heavy (non-hydrogen) atoms. The third kappa shape index (κ3) is 5.26. The molecule has 0 aliphatic carbocycles. The first-order valence-electron chi connectivity index (χ1n) is 13.6. The SMILES string of the molecule is COC(=O)C1=C(C)N(c2cccc(C(F)(F)F)c2)c2n[nH]c(=O)n2[C@@H]1c1ccc(C#N)cc1C[N+](C)(C)C(C)c1c[nH]cn1. The second-order valence-corrected chi connectivity index (χ2v) is 11.1. The van der Waals surface area contributed by atoms with Crippen LogP contribution in [0.5, 0.6) is 0 Å². The van der Waals surface area contributed by atoms with Crippen molar-refractivity contribution in [2.75, 3.05) is 26.1 Å². The lowest BCUT2D eigenvalue weighted by atomic mass is 9.89. The van der Waals surface area contributed by atoms with E-state index in [9.17, 15) is 28.0 Å². The number of hydrogen-bond donors (Lipinski definition) is 2. The molecule has 0 fully saturated rings. The molecule has 1 aliphatic rings. The molecule has 14 heteroatoms. The monoisotopic (exact) mass is 607 g/mol. The summed E-state index contributed by atoms with van der Waals surface area (Å²) in [4.78, 5) is 35.6. The third-order valence-corrected chi connectivity index (χ3v) is 8.12. The first-order chi connectivity index (χ1) is 20.8. The predicted molar refractivity (Wildman–Crippen MR) is 153 cm³/mol. The Hall–Kier alpha value is -5.16. The average Bonchev–Trinajstić information content (AvgIpc) is 3.66. The van der Waals surface area contributed by atoms with E-state index in [1.165, 1.54) is 28.7 Å². The minimum absolute atomic E-state index is 0.0153. The second kappa shape index (κ2) is 11.2. The molecule has 0 radical (unpaired) electrons. The number of halogens is 3. The van der Waals surface area contributed by atoms with Crippen LogP contribution < -0.4 is 10.6 Å².